The van der Waals surface area contributed by atoms with E-state index < -0.39 is 34.1 Å². The Bertz CT molecular complexity index is 1800. The average Bonchev–Trinajstić information content (AvgIpc) is 3.48. The molecule has 14 heteroatoms. The number of aryl methyl sites for hydroxylation is 1. The molecule has 13 nitrogen and oxygen atoms in total. The summed E-state index contributed by atoms with van der Waals surface area (Å²) in [4.78, 5) is 40.6. The van der Waals surface area contributed by atoms with Crippen molar-refractivity contribution in [1.82, 2.24) is 10.2 Å². The fourth-order valence-electron chi connectivity index (χ4n) is 5.79. The number of nitrogens with one attached hydrogen (secondary N) is 2. The molecule has 0 bridgehead atoms. The van der Waals surface area contributed by atoms with Gasteiger partial charge in [0.1, 0.15) is 17.5 Å². The molecule has 1 saturated heterocycles. The summed E-state index contributed by atoms with van der Waals surface area (Å²) in [5.41, 5.74) is 2.22. The Kier molecular flexibility index (Phi) is 11.3. The number of methoxy groups -OCH3 is 3. The van der Waals surface area contributed by atoms with Crippen molar-refractivity contribution in [3.63, 3.8) is 0 Å². The van der Waals surface area contributed by atoms with E-state index in [0.29, 0.717) is 55.4 Å². The van der Waals surface area contributed by atoms with E-state index in [4.69, 9.17) is 23.1 Å². The van der Waals surface area contributed by atoms with Crippen LogP contribution < -0.4 is 29.6 Å². The van der Waals surface area contributed by atoms with Crippen LogP contribution in [-0.2, 0) is 30.4 Å². The van der Waals surface area contributed by atoms with Crippen LogP contribution in [0.2, 0.25) is 0 Å². The minimum Gasteiger partial charge on any atom is -0.497 e. The smallest absolute Gasteiger partial charge is 0.297 e. The van der Waals surface area contributed by atoms with E-state index in [2.05, 4.69) is 10.6 Å². The molecule has 3 amide bonds. The summed E-state index contributed by atoms with van der Waals surface area (Å²) < 4.78 is 53.2. The van der Waals surface area contributed by atoms with Crippen LogP contribution >= 0.6 is 0 Å². The highest BCUT2D eigenvalue weighted by Crippen LogP contribution is 2.38. The lowest BCUT2D eigenvalue weighted by atomic mass is 10.1. The number of benzene rings is 3. The molecule has 3 aromatic rings. The van der Waals surface area contributed by atoms with E-state index in [9.17, 15) is 22.8 Å². The Labute approximate surface area is 285 Å². The molecule has 2 heterocycles. The number of carbonyl (C=O) groups is 3. The molecule has 2 N–H and O–H groups in total. The molecule has 0 unspecified atom stereocenters. The minimum absolute atomic E-state index is 0.00576. The second-order valence-corrected chi connectivity index (χ2v) is 13.4. The monoisotopic (exact) mass is 695 g/mol. The number of rotatable bonds is 15. The van der Waals surface area contributed by atoms with E-state index in [1.807, 2.05) is 19.1 Å². The van der Waals surface area contributed by atoms with Gasteiger partial charge in [0.2, 0.25) is 11.8 Å². The number of anilines is 1. The molecular formula is C35H41N3O10S. The lowest BCUT2D eigenvalue weighted by molar-refractivity contribution is -0.121. The normalized spacial score (nSPS) is 17.0. The number of hydrogen-bond acceptors (Lipinski definition) is 10. The molecule has 262 valence electrons. The topological polar surface area (TPSA) is 159 Å². The van der Waals surface area contributed by atoms with Crippen molar-refractivity contribution in [2.45, 2.75) is 62.6 Å². The lowest BCUT2D eigenvalue weighted by Crippen LogP contribution is -2.40. The first-order valence-corrected chi connectivity index (χ1v) is 17.4. The molecule has 0 radical (unpaired) electrons. The van der Waals surface area contributed by atoms with Crippen LogP contribution in [-0.4, -0.2) is 77.7 Å². The fourth-order valence-corrected chi connectivity index (χ4v) is 6.87. The van der Waals surface area contributed by atoms with Crippen molar-refractivity contribution >= 4 is 33.5 Å². The zero-order valence-electron chi connectivity index (χ0n) is 27.9. The minimum atomic E-state index is -4.10. The Hall–Kier alpha value is -4.82. The van der Waals surface area contributed by atoms with Gasteiger partial charge in [-0.15, -0.1) is 0 Å². The molecule has 0 spiro atoms. The lowest BCUT2D eigenvalue weighted by Gasteiger charge is -2.20. The molecule has 49 heavy (non-hydrogen) atoms. The summed E-state index contributed by atoms with van der Waals surface area (Å²) in [5.74, 6) is 0.996. The van der Waals surface area contributed by atoms with Gasteiger partial charge in [0.15, 0.2) is 11.5 Å². The Morgan fingerprint density at radius 3 is 2.39 bits per heavy atom. The molecule has 2 aliphatic rings. The molecule has 3 aromatic carbocycles. The largest absolute Gasteiger partial charge is 0.497 e. The third-order valence-electron chi connectivity index (χ3n) is 8.47. The van der Waals surface area contributed by atoms with Gasteiger partial charge in [-0.05, 0) is 56.5 Å². The summed E-state index contributed by atoms with van der Waals surface area (Å²) >= 11 is 0. The second kappa shape index (κ2) is 15.6. The number of nitrogens with zero attached hydrogens (tertiary/aromatic N) is 1. The summed E-state index contributed by atoms with van der Waals surface area (Å²) in [5, 5.41) is 5.71. The quantitative estimate of drug-likeness (QED) is 0.174. The van der Waals surface area contributed by atoms with Crippen LogP contribution in [0.4, 0.5) is 5.69 Å². The third kappa shape index (κ3) is 8.43. The van der Waals surface area contributed by atoms with E-state index in [-0.39, 0.29) is 35.0 Å². The summed E-state index contributed by atoms with van der Waals surface area (Å²) in [6.45, 7) is 2.44. The van der Waals surface area contributed by atoms with Gasteiger partial charge in [0, 0.05) is 43.6 Å². The van der Waals surface area contributed by atoms with Crippen LogP contribution in [0.25, 0.3) is 0 Å². The number of fused-ring (bicyclic) bond motifs is 2. The maximum Gasteiger partial charge on any atom is 0.297 e. The van der Waals surface area contributed by atoms with Crippen LogP contribution in [0.1, 0.15) is 53.6 Å². The SMILES string of the molecule is COc1ccc(CNC(=O)CCCCCOc2cc3c(cc2OC)C(=O)N2C[C@H](OS(=O)(=O)c4ccc(C)cc4)C[C@H]2C(=O)N3)c(OC)c1. The van der Waals surface area contributed by atoms with Crippen LogP contribution in [0.15, 0.2) is 59.5 Å². The predicted octanol–water partition coefficient (Wildman–Crippen LogP) is 4.22. The van der Waals surface area contributed by atoms with E-state index >= 15 is 0 Å². The van der Waals surface area contributed by atoms with Crippen molar-refractivity contribution < 1.29 is 45.9 Å². The first kappa shape index (κ1) is 35.5. The van der Waals surface area contributed by atoms with Gasteiger partial charge in [-0.2, -0.15) is 8.42 Å². The number of amides is 3. The van der Waals surface area contributed by atoms with Gasteiger partial charge in [-0.3, -0.25) is 18.6 Å². The summed E-state index contributed by atoms with van der Waals surface area (Å²) in [6.07, 6.45) is 1.55. The number of ether oxygens (including phenoxy) is 4. The molecule has 0 saturated carbocycles. The number of hydrogen-bond donors (Lipinski definition) is 2. The summed E-state index contributed by atoms with van der Waals surface area (Å²) in [6, 6.07) is 13.8. The molecule has 5 rings (SSSR count). The Morgan fingerprint density at radius 2 is 1.67 bits per heavy atom. The van der Waals surface area contributed by atoms with Gasteiger partial charge in [0.05, 0.1) is 50.2 Å². The van der Waals surface area contributed by atoms with Gasteiger partial charge < -0.3 is 34.5 Å². The van der Waals surface area contributed by atoms with E-state index in [1.54, 1.807) is 38.5 Å². The van der Waals surface area contributed by atoms with Crippen molar-refractivity contribution in [3.05, 3.63) is 71.3 Å². The highest BCUT2D eigenvalue weighted by molar-refractivity contribution is 7.86. The average molecular weight is 696 g/mol. The number of unbranched alkanes of at least 4 members (excludes halogenated alkanes) is 2. The third-order valence-corrected chi connectivity index (χ3v) is 9.84. The maximum atomic E-state index is 13.6. The van der Waals surface area contributed by atoms with Gasteiger partial charge in [-0.1, -0.05) is 17.7 Å². The summed E-state index contributed by atoms with van der Waals surface area (Å²) in [7, 11) is 0.503. The van der Waals surface area contributed by atoms with Crippen molar-refractivity contribution in [1.29, 1.82) is 0 Å². The van der Waals surface area contributed by atoms with Crippen LogP contribution in [0.3, 0.4) is 0 Å². The van der Waals surface area contributed by atoms with Gasteiger partial charge >= 0.3 is 0 Å². The Morgan fingerprint density at radius 1 is 0.918 bits per heavy atom. The van der Waals surface area contributed by atoms with Gasteiger partial charge in [0.25, 0.3) is 16.0 Å². The fraction of sp³-hybridized carbons (Fsp3) is 0.400. The number of carbonyl (C=O) groups excluding carboxylic acids is 3. The zero-order valence-corrected chi connectivity index (χ0v) is 28.8. The Balaban J connectivity index is 1.12. The second-order valence-electron chi connectivity index (χ2n) is 11.8. The molecule has 2 atom stereocenters. The molecular weight excluding hydrogens is 654 g/mol. The van der Waals surface area contributed by atoms with E-state index in [1.165, 1.54) is 30.2 Å². The van der Waals surface area contributed by atoms with Crippen molar-refractivity contribution in [3.8, 4) is 23.0 Å². The van der Waals surface area contributed by atoms with E-state index in [0.717, 1.165) is 17.5 Å². The highest BCUT2D eigenvalue weighted by atomic mass is 32.2. The van der Waals surface area contributed by atoms with Gasteiger partial charge in [-0.25, -0.2) is 0 Å². The molecule has 1 fully saturated rings. The van der Waals surface area contributed by atoms with Crippen LogP contribution in [0, 0.1) is 6.92 Å². The first-order chi connectivity index (χ1) is 23.5. The predicted molar refractivity (Wildman–Crippen MR) is 180 cm³/mol. The highest BCUT2D eigenvalue weighted by Gasteiger charge is 2.45. The molecule has 0 aromatic heterocycles. The van der Waals surface area contributed by atoms with Crippen LogP contribution in [0.5, 0.6) is 23.0 Å². The molecule has 2 aliphatic heterocycles. The van der Waals surface area contributed by atoms with Crippen molar-refractivity contribution in [2.75, 3.05) is 39.8 Å². The zero-order chi connectivity index (χ0) is 35.1. The maximum absolute atomic E-state index is 13.6. The van der Waals surface area contributed by atoms with Crippen molar-refractivity contribution in [2.24, 2.45) is 0 Å². The standard InChI is InChI=1S/C35H41N3O10S/c1-22-9-13-26(14-10-22)49(42,43)48-25-16-29-34(40)37-28-19-32(31(46-4)18-27(28)35(41)38(29)21-25)47-15-7-5-6-8-33(39)36-20-23-11-12-24(44-2)17-30(23)45-3/h9-14,17-19,25,29H,5-8,15-16,20-21H2,1-4H3,(H,36,39)(H,37,40)/t25-,29+/m1/s1. The first-order valence-electron chi connectivity index (χ1n) is 16.0. The molecule has 0 aliphatic carbocycles.